The molecule has 1 aromatic rings. The van der Waals surface area contributed by atoms with E-state index < -0.39 is 0 Å². The van der Waals surface area contributed by atoms with E-state index in [1.54, 1.807) is 12.1 Å². The molecule has 1 aliphatic heterocycles. The first-order chi connectivity index (χ1) is 9.26. The van der Waals surface area contributed by atoms with Gasteiger partial charge in [-0.3, -0.25) is 0 Å². The first kappa shape index (κ1) is 14.3. The smallest absolute Gasteiger partial charge is 0.165 e. The average Bonchev–Trinajstić information content (AvgIpc) is 2.93. The summed E-state index contributed by atoms with van der Waals surface area (Å²) in [6.07, 6.45) is 3.28. The molecule has 0 bridgehead atoms. The van der Waals surface area contributed by atoms with Crippen LogP contribution in [0.3, 0.4) is 0 Å². The first-order valence-corrected chi connectivity index (χ1v) is 6.94. The minimum absolute atomic E-state index is 0.0582. The van der Waals surface area contributed by atoms with Crippen molar-refractivity contribution in [2.24, 2.45) is 0 Å². The fraction of sp³-hybridized carbons (Fsp3) is 0.600. The lowest BCUT2D eigenvalue weighted by atomic mass is 9.99. The number of rotatable bonds is 6. The highest BCUT2D eigenvalue weighted by Gasteiger charge is 2.27. The quantitative estimate of drug-likeness (QED) is 0.859. The fourth-order valence-electron chi connectivity index (χ4n) is 2.51. The third-order valence-electron chi connectivity index (χ3n) is 3.49. The van der Waals surface area contributed by atoms with Crippen LogP contribution in [0.15, 0.2) is 18.2 Å². The number of hydrogen-bond acceptors (Lipinski definition) is 3. The molecule has 0 aliphatic carbocycles. The lowest BCUT2D eigenvalue weighted by Gasteiger charge is -2.25. The molecular weight excluding hydrogens is 245 g/mol. The standard InChI is InChI=1S/C15H22FNO2/c1-3-8-17-15(14-5-4-9-19-14)11-6-7-13(18-2)12(16)10-11/h6-7,10,14-15,17H,3-5,8-9H2,1-2H3. The molecule has 1 heterocycles. The van der Waals surface area contributed by atoms with E-state index in [0.717, 1.165) is 38.0 Å². The second-order valence-electron chi connectivity index (χ2n) is 4.88. The van der Waals surface area contributed by atoms with Crippen LogP contribution in [0.4, 0.5) is 4.39 Å². The van der Waals surface area contributed by atoms with Crippen LogP contribution in [-0.2, 0) is 4.74 Å². The van der Waals surface area contributed by atoms with E-state index in [2.05, 4.69) is 12.2 Å². The molecule has 1 saturated heterocycles. The molecule has 3 nitrogen and oxygen atoms in total. The second-order valence-corrected chi connectivity index (χ2v) is 4.88. The molecule has 2 unspecified atom stereocenters. The number of hydrogen-bond donors (Lipinski definition) is 1. The largest absolute Gasteiger partial charge is 0.494 e. The van der Waals surface area contributed by atoms with Crippen molar-refractivity contribution in [2.75, 3.05) is 20.3 Å². The zero-order chi connectivity index (χ0) is 13.7. The van der Waals surface area contributed by atoms with Crippen LogP contribution in [-0.4, -0.2) is 26.4 Å². The molecule has 0 radical (unpaired) electrons. The van der Waals surface area contributed by atoms with Crippen molar-refractivity contribution in [1.82, 2.24) is 5.32 Å². The predicted octanol–water partition coefficient (Wildman–Crippen LogP) is 3.05. The molecule has 19 heavy (non-hydrogen) atoms. The van der Waals surface area contributed by atoms with Crippen LogP contribution < -0.4 is 10.1 Å². The molecule has 106 valence electrons. The van der Waals surface area contributed by atoms with Crippen molar-refractivity contribution in [1.29, 1.82) is 0 Å². The van der Waals surface area contributed by atoms with Gasteiger partial charge < -0.3 is 14.8 Å². The fourth-order valence-corrected chi connectivity index (χ4v) is 2.51. The van der Waals surface area contributed by atoms with Gasteiger partial charge in [0, 0.05) is 6.61 Å². The Labute approximate surface area is 114 Å². The van der Waals surface area contributed by atoms with E-state index in [4.69, 9.17) is 9.47 Å². The molecule has 0 saturated carbocycles. The zero-order valence-corrected chi connectivity index (χ0v) is 11.6. The van der Waals surface area contributed by atoms with Gasteiger partial charge in [0.1, 0.15) is 0 Å². The van der Waals surface area contributed by atoms with E-state index >= 15 is 0 Å². The Balaban J connectivity index is 2.18. The first-order valence-electron chi connectivity index (χ1n) is 6.94. The molecule has 4 heteroatoms. The molecule has 0 spiro atoms. The maximum absolute atomic E-state index is 13.8. The Hall–Kier alpha value is -1.13. The molecule has 1 aromatic carbocycles. The van der Waals surface area contributed by atoms with E-state index in [9.17, 15) is 4.39 Å². The van der Waals surface area contributed by atoms with Gasteiger partial charge in [-0.1, -0.05) is 13.0 Å². The monoisotopic (exact) mass is 267 g/mol. The lowest BCUT2D eigenvalue weighted by molar-refractivity contribution is 0.0782. The summed E-state index contributed by atoms with van der Waals surface area (Å²) in [4.78, 5) is 0. The van der Waals surface area contributed by atoms with Crippen LogP contribution >= 0.6 is 0 Å². The summed E-state index contributed by atoms with van der Waals surface area (Å²) in [6, 6.07) is 5.20. The number of benzene rings is 1. The van der Waals surface area contributed by atoms with Crippen molar-refractivity contribution in [2.45, 2.75) is 38.3 Å². The second kappa shape index (κ2) is 6.87. The van der Waals surface area contributed by atoms with Crippen molar-refractivity contribution < 1.29 is 13.9 Å². The van der Waals surface area contributed by atoms with E-state index in [1.165, 1.54) is 7.11 Å². The highest BCUT2D eigenvalue weighted by Crippen LogP contribution is 2.29. The maximum atomic E-state index is 13.8. The van der Waals surface area contributed by atoms with Crippen molar-refractivity contribution in [3.63, 3.8) is 0 Å². The molecule has 0 amide bonds. The van der Waals surface area contributed by atoms with Crippen molar-refractivity contribution >= 4 is 0 Å². The van der Waals surface area contributed by atoms with Gasteiger partial charge >= 0.3 is 0 Å². The van der Waals surface area contributed by atoms with E-state index in [0.29, 0.717) is 0 Å². The summed E-state index contributed by atoms with van der Waals surface area (Å²) in [7, 11) is 1.48. The van der Waals surface area contributed by atoms with Gasteiger partial charge in [0.25, 0.3) is 0 Å². The summed E-state index contributed by atoms with van der Waals surface area (Å²) in [5.41, 5.74) is 0.929. The molecule has 0 aromatic heterocycles. The van der Waals surface area contributed by atoms with Crippen molar-refractivity contribution in [3.05, 3.63) is 29.6 Å². The van der Waals surface area contributed by atoms with Crippen molar-refractivity contribution in [3.8, 4) is 5.75 Å². The van der Waals surface area contributed by atoms with Crippen LogP contribution in [0.1, 0.15) is 37.8 Å². The van der Waals surface area contributed by atoms with Crippen LogP contribution in [0.2, 0.25) is 0 Å². The number of halogens is 1. The highest BCUT2D eigenvalue weighted by atomic mass is 19.1. The lowest BCUT2D eigenvalue weighted by Crippen LogP contribution is -2.32. The highest BCUT2D eigenvalue weighted by molar-refractivity contribution is 5.31. The van der Waals surface area contributed by atoms with Gasteiger partial charge in [0.2, 0.25) is 0 Å². The van der Waals surface area contributed by atoms with E-state index in [1.807, 2.05) is 6.07 Å². The Morgan fingerprint density at radius 3 is 2.95 bits per heavy atom. The Kier molecular flexibility index (Phi) is 5.16. The summed E-state index contributed by atoms with van der Waals surface area (Å²) < 4.78 is 24.5. The van der Waals surface area contributed by atoms with E-state index in [-0.39, 0.29) is 23.7 Å². The summed E-state index contributed by atoms with van der Waals surface area (Å²) in [6.45, 7) is 3.82. The van der Waals surface area contributed by atoms with Gasteiger partial charge in [0.05, 0.1) is 19.3 Å². The SMILES string of the molecule is CCCNC(c1ccc(OC)c(F)c1)C1CCCO1. The van der Waals surface area contributed by atoms with Gasteiger partial charge in [-0.15, -0.1) is 0 Å². The van der Waals surface area contributed by atoms with Crippen LogP contribution in [0.25, 0.3) is 0 Å². The zero-order valence-electron chi connectivity index (χ0n) is 11.6. The Morgan fingerprint density at radius 1 is 1.53 bits per heavy atom. The number of ether oxygens (including phenoxy) is 2. The Morgan fingerprint density at radius 2 is 2.37 bits per heavy atom. The third kappa shape index (κ3) is 3.45. The Bertz CT molecular complexity index is 405. The average molecular weight is 267 g/mol. The van der Waals surface area contributed by atoms with Gasteiger partial charge in [0.15, 0.2) is 11.6 Å². The number of methoxy groups -OCH3 is 1. The minimum atomic E-state index is -0.318. The van der Waals surface area contributed by atoms with Gasteiger partial charge in [-0.2, -0.15) is 0 Å². The normalized spacial score (nSPS) is 20.5. The molecule has 1 N–H and O–H groups in total. The number of nitrogens with one attached hydrogen (secondary N) is 1. The maximum Gasteiger partial charge on any atom is 0.165 e. The minimum Gasteiger partial charge on any atom is -0.494 e. The topological polar surface area (TPSA) is 30.5 Å². The van der Waals surface area contributed by atoms with Crippen LogP contribution in [0, 0.1) is 5.82 Å². The molecule has 1 fully saturated rings. The molecule has 1 aliphatic rings. The summed E-state index contributed by atoms with van der Waals surface area (Å²) in [5, 5.41) is 3.46. The summed E-state index contributed by atoms with van der Waals surface area (Å²) in [5.74, 6) is -0.0355. The molecular formula is C15H22FNO2. The summed E-state index contributed by atoms with van der Waals surface area (Å²) >= 11 is 0. The third-order valence-corrected chi connectivity index (χ3v) is 3.49. The molecule has 2 rings (SSSR count). The molecule has 2 atom stereocenters. The van der Waals surface area contributed by atoms with Gasteiger partial charge in [-0.05, 0) is 43.5 Å². The van der Waals surface area contributed by atoms with Gasteiger partial charge in [-0.25, -0.2) is 4.39 Å². The predicted molar refractivity (Wildman–Crippen MR) is 73.0 cm³/mol. The van der Waals surface area contributed by atoms with Crippen LogP contribution in [0.5, 0.6) is 5.75 Å².